The Morgan fingerprint density at radius 3 is 2.42 bits per heavy atom. The predicted molar refractivity (Wildman–Crippen MR) is 57.0 cm³/mol. The van der Waals surface area contributed by atoms with E-state index in [2.05, 4.69) is 25.7 Å². The number of carbonyl (C=O) groups excluding carboxylic acids is 1. The molecule has 0 spiro atoms. The molecule has 0 unspecified atom stereocenters. The number of alkyl halides is 6. The lowest BCUT2D eigenvalue weighted by molar-refractivity contribution is -0.275. The Kier molecular flexibility index (Phi) is 4.66. The molecule has 0 aliphatic rings. The largest absolute Gasteiger partial charge is 0.573 e. The molecular weight excluding hydrogens is 343 g/mol. The number of aromatic nitrogens is 1. The normalized spacial score (nSPS) is 11.7. The maximum Gasteiger partial charge on any atom is 0.573 e. The minimum absolute atomic E-state index is 0.267. The number of hydrogen-bond donors (Lipinski definition) is 1. The van der Waals surface area contributed by atoms with Gasteiger partial charge in [-0.25, -0.2) is 8.78 Å². The molecule has 1 heterocycles. The van der Waals surface area contributed by atoms with E-state index in [0.717, 1.165) is 0 Å². The third kappa shape index (κ3) is 3.75. The van der Waals surface area contributed by atoms with E-state index >= 15 is 0 Å². The van der Waals surface area contributed by atoms with Crippen molar-refractivity contribution >= 4 is 21.8 Å². The van der Waals surface area contributed by atoms with Crippen LogP contribution in [0.25, 0.3) is 0 Å². The van der Waals surface area contributed by atoms with Gasteiger partial charge in [0.2, 0.25) is 0 Å². The average molecular weight is 349 g/mol. The van der Waals surface area contributed by atoms with Crippen molar-refractivity contribution in [3.8, 4) is 5.75 Å². The third-order valence-corrected chi connectivity index (χ3v) is 2.51. The number of ether oxygens (including phenoxy) is 1. The summed E-state index contributed by atoms with van der Waals surface area (Å²) in [6.45, 7) is 0. The van der Waals surface area contributed by atoms with E-state index in [0.29, 0.717) is 6.20 Å². The van der Waals surface area contributed by atoms with Crippen molar-refractivity contribution in [3.63, 3.8) is 0 Å². The summed E-state index contributed by atoms with van der Waals surface area (Å²) in [4.78, 5) is 14.4. The van der Waals surface area contributed by atoms with Crippen LogP contribution in [0.4, 0.5) is 22.0 Å². The van der Waals surface area contributed by atoms with Crippen molar-refractivity contribution in [2.45, 2.75) is 18.1 Å². The standard InChI is InChI=1S/C9H6BrF5N2O2/c10-1-4-6(19-9(13,14)15)5(7(11)12)3(2-17-4)8(16)18/h2,7H,1H2,(H2,16,18). The number of carbonyl (C=O) groups is 1. The number of primary amides is 1. The lowest BCUT2D eigenvalue weighted by Crippen LogP contribution is -2.22. The summed E-state index contributed by atoms with van der Waals surface area (Å²) in [5.74, 6) is -2.54. The molecule has 1 aromatic heterocycles. The molecule has 0 aromatic carbocycles. The molecule has 10 heteroatoms. The number of amides is 1. The van der Waals surface area contributed by atoms with Crippen LogP contribution in [0.5, 0.6) is 5.75 Å². The van der Waals surface area contributed by atoms with Crippen molar-refractivity contribution in [1.29, 1.82) is 0 Å². The molecule has 0 atom stereocenters. The Morgan fingerprint density at radius 1 is 1.47 bits per heavy atom. The van der Waals surface area contributed by atoms with Gasteiger partial charge in [0, 0.05) is 11.5 Å². The molecule has 0 saturated carbocycles. The van der Waals surface area contributed by atoms with Gasteiger partial charge in [-0.1, -0.05) is 15.9 Å². The van der Waals surface area contributed by atoms with Crippen LogP contribution < -0.4 is 10.5 Å². The number of nitrogens with zero attached hydrogens (tertiary/aromatic N) is 1. The Balaban J connectivity index is 3.52. The zero-order valence-electron chi connectivity index (χ0n) is 8.97. The van der Waals surface area contributed by atoms with Gasteiger partial charge in [0.1, 0.15) is 0 Å². The Morgan fingerprint density at radius 2 is 2.05 bits per heavy atom. The zero-order valence-corrected chi connectivity index (χ0v) is 10.6. The second-order valence-corrected chi connectivity index (χ2v) is 3.77. The van der Waals surface area contributed by atoms with Gasteiger partial charge in [-0.2, -0.15) is 0 Å². The highest BCUT2D eigenvalue weighted by Gasteiger charge is 2.36. The van der Waals surface area contributed by atoms with Crippen LogP contribution >= 0.6 is 15.9 Å². The van der Waals surface area contributed by atoms with Gasteiger partial charge in [0.05, 0.1) is 16.8 Å². The average Bonchev–Trinajstić information content (AvgIpc) is 2.25. The van der Waals surface area contributed by atoms with E-state index in [4.69, 9.17) is 5.73 Å². The highest BCUT2D eigenvalue weighted by atomic mass is 79.9. The molecule has 0 aliphatic carbocycles. The lowest BCUT2D eigenvalue weighted by atomic mass is 10.1. The summed E-state index contributed by atoms with van der Waals surface area (Å²) in [7, 11) is 0. The third-order valence-electron chi connectivity index (χ3n) is 1.97. The van der Waals surface area contributed by atoms with Crippen molar-refractivity contribution in [2.75, 3.05) is 0 Å². The van der Waals surface area contributed by atoms with Gasteiger partial charge in [0.25, 0.3) is 12.3 Å². The van der Waals surface area contributed by atoms with Crippen molar-refractivity contribution in [1.82, 2.24) is 4.98 Å². The van der Waals surface area contributed by atoms with Gasteiger partial charge in [-0.15, -0.1) is 13.2 Å². The summed E-state index contributed by atoms with van der Waals surface area (Å²) in [6.07, 6.45) is -7.89. The quantitative estimate of drug-likeness (QED) is 0.672. The van der Waals surface area contributed by atoms with Gasteiger partial charge >= 0.3 is 6.36 Å². The first-order chi connectivity index (χ1) is 8.67. The van der Waals surface area contributed by atoms with Crippen LogP contribution in [0.15, 0.2) is 6.20 Å². The minimum atomic E-state index is -5.20. The van der Waals surface area contributed by atoms with E-state index in [1.807, 2.05) is 0 Å². The monoisotopic (exact) mass is 348 g/mol. The fraction of sp³-hybridized carbons (Fsp3) is 0.333. The van der Waals surface area contributed by atoms with E-state index in [1.165, 1.54) is 0 Å². The lowest BCUT2D eigenvalue weighted by Gasteiger charge is -2.17. The molecule has 0 saturated heterocycles. The second-order valence-electron chi connectivity index (χ2n) is 3.21. The topological polar surface area (TPSA) is 65.2 Å². The summed E-state index contributed by atoms with van der Waals surface area (Å²) < 4.78 is 65.8. The first kappa shape index (κ1) is 15.6. The van der Waals surface area contributed by atoms with Crippen LogP contribution in [0.2, 0.25) is 0 Å². The van der Waals surface area contributed by atoms with E-state index < -0.39 is 41.3 Å². The molecule has 1 rings (SSSR count). The van der Waals surface area contributed by atoms with Crippen molar-refractivity contribution in [3.05, 3.63) is 23.0 Å². The smallest absolute Gasteiger partial charge is 0.403 e. The van der Waals surface area contributed by atoms with E-state index in [9.17, 15) is 26.7 Å². The Labute approximate surface area is 111 Å². The first-order valence-corrected chi connectivity index (χ1v) is 5.71. The van der Waals surface area contributed by atoms with Gasteiger partial charge in [-0.05, 0) is 0 Å². The highest BCUT2D eigenvalue weighted by Crippen LogP contribution is 2.37. The first-order valence-electron chi connectivity index (χ1n) is 4.58. The zero-order chi connectivity index (χ0) is 14.8. The SMILES string of the molecule is NC(=O)c1cnc(CBr)c(OC(F)(F)F)c1C(F)F. The van der Waals surface area contributed by atoms with Crippen LogP contribution in [0.3, 0.4) is 0 Å². The molecule has 2 N–H and O–H groups in total. The molecular formula is C9H6BrF5N2O2. The van der Waals surface area contributed by atoms with E-state index in [-0.39, 0.29) is 5.33 Å². The summed E-state index contributed by atoms with van der Waals surface area (Å²) in [6, 6.07) is 0. The van der Waals surface area contributed by atoms with Gasteiger partial charge in [-0.3, -0.25) is 9.78 Å². The number of halogens is 6. The summed E-state index contributed by atoms with van der Waals surface area (Å²) >= 11 is 2.79. The van der Waals surface area contributed by atoms with E-state index in [1.54, 1.807) is 0 Å². The molecule has 0 fully saturated rings. The van der Waals surface area contributed by atoms with Crippen LogP contribution in [0, 0.1) is 0 Å². The summed E-state index contributed by atoms with van der Waals surface area (Å²) in [5, 5.41) is -0.267. The minimum Gasteiger partial charge on any atom is -0.403 e. The van der Waals surface area contributed by atoms with Crippen LogP contribution in [-0.2, 0) is 5.33 Å². The molecule has 4 nitrogen and oxygen atoms in total. The number of nitrogens with two attached hydrogens (primary N) is 1. The molecule has 19 heavy (non-hydrogen) atoms. The molecule has 0 bridgehead atoms. The maximum absolute atomic E-state index is 12.8. The Hall–Kier alpha value is -1.45. The molecule has 106 valence electrons. The van der Waals surface area contributed by atoms with Gasteiger partial charge in [0.15, 0.2) is 5.75 Å². The highest BCUT2D eigenvalue weighted by molar-refractivity contribution is 9.08. The molecule has 1 amide bonds. The maximum atomic E-state index is 12.8. The number of rotatable bonds is 4. The molecule has 0 aliphatic heterocycles. The predicted octanol–water partition coefficient (Wildman–Crippen LogP) is 2.91. The fourth-order valence-corrected chi connectivity index (χ4v) is 1.69. The van der Waals surface area contributed by atoms with Crippen LogP contribution in [0.1, 0.15) is 28.0 Å². The molecule has 0 radical (unpaired) electrons. The van der Waals surface area contributed by atoms with Crippen LogP contribution in [-0.4, -0.2) is 17.3 Å². The second kappa shape index (κ2) is 5.68. The van der Waals surface area contributed by atoms with Crippen molar-refractivity contribution < 1.29 is 31.5 Å². The number of hydrogen-bond acceptors (Lipinski definition) is 3. The summed E-state index contributed by atoms with van der Waals surface area (Å²) in [5.41, 5.74) is 2.35. The molecule has 1 aromatic rings. The van der Waals surface area contributed by atoms with Gasteiger partial charge < -0.3 is 10.5 Å². The van der Waals surface area contributed by atoms with Crippen molar-refractivity contribution in [2.24, 2.45) is 5.73 Å². The number of pyridine rings is 1. The fourth-order valence-electron chi connectivity index (χ4n) is 1.29. The Bertz CT molecular complexity index is 492.